The van der Waals surface area contributed by atoms with Crippen molar-refractivity contribution in [2.45, 2.75) is 19.9 Å². The van der Waals surface area contributed by atoms with Gasteiger partial charge >= 0.3 is 5.97 Å². The van der Waals surface area contributed by atoms with Crippen molar-refractivity contribution in [3.05, 3.63) is 24.0 Å². The van der Waals surface area contributed by atoms with E-state index in [1.54, 1.807) is 0 Å². The molecule has 1 aromatic rings. The first-order chi connectivity index (χ1) is 7.13. The Hall–Kier alpha value is -1.29. The minimum Gasteiger partial charge on any atom is -0.481 e. The van der Waals surface area contributed by atoms with E-state index in [0.717, 1.165) is 12.2 Å². The van der Waals surface area contributed by atoms with Crippen molar-refractivity contribution >= 4 is 5.97 Å². The highest BCUT2D eigenvalue weighted by Crippen LogP contribution is 2.07. The number of rotatable bonds is 6. The molecule has 0 radical (unpaired) electrons. The molecular formula is C11H18N2O2. The molecule has 2 N–H and O–H groups in total. The maximum atomic E-state index is 10.8. The second-order valence-corrected chi connectivity index (χ2v) is 3.84. The Morgan fingerprint density at radius 2 is 2.40 bits per heavy atom. The zero-order chi connectivity index (χ0) is 11.3. The maximum Gasteiger partial charge on any atom is 0.307 e. The molecule has 0 spiro atoms. The zero-order valence-corrected chi connectivity index (χ0v) is 9.23. The number of nitrogens with one attached hydrogen (secondary N) is 1. The van der Waals surface area contributed by atoms with Gasteiger partial charge in [0.15, 0.2) is 0 Å². The highest BCUT2D eigenvalue weighted by atomic mass is 16.4. The van der Waals surface area contributed by atoms with E-state index >= 15 is 0 Å². The summed E-state index contributed by atoms with van der Waals surface area (Å²) in [5.41, 5.74) is 1.11. The third kappa shape index (κ3) is 3.75. The van der Waals surface area contributed by atoms with Crippen LogP contribution in [0.5, 0.6) is 0 Å². The molecular weight excluding hydrogens is 192 g/mol. The number of carboxylic acids is 1. The fourth-order valence-electron chi connectivity index (χ4n) is 1.58. The van der Waals surface area contributed by atoms with Gasteiger partial charge in [0.25, 0.3) is 0 Å². The van der Waals surface area contributed by atoms with Gasteiger partial charge in [0.2, 0.25) is 0 Å². The Morgan fingerprint density at radius 3 is 2.87 bits per heavy atom. The SMILES string of the molecule is CCC(CN(C)Cc1ccc[nH]1)C(=O)O. The summed E-state index contributed by atoms with van der Waals surface area (Å²) < 4.78 is 0. The molecule has 0 aliphatic heterocycles. The molecule has 1 unspecified atom stereocenters. The van der Waals surface area contributed by atoms with Crippen LogP contribution in [-0.4, -0.2) is 34.6 Å². The lowest BCUT2D eigenvalue weighted by Gasteiger charge is -2.19. The molecule has 0 saturated heterocycles. The average molecular weight is 210 g/mol. The van der Waals surface area contributed by atoms with Crippen LogP contribution in [0.15, 0.2) is 18.3 Å². The number of aromatic amines is 1. The Labute approximate surface area is 89.9 Å². The van der Waals surface area contributed by atoms with Gasteiger partial charge in [-0.1, -0.05) is 6.92 Å². The van der Waals surface area contributed by atoms with Crippen molar-refractivity contribution in [3.8, 4) is 0 Å². The number of H-pyrrole nitrogens is 1. The van der Waals surface area contributed by atoms with Crippen LogP contribution in [0.4, 0.5) is 0 Å². The van der Waals surface area contributed by atoms with Gasteiger partial charge in [-0.25, -0.2) is 0 Å². The van der Waals surface area contributed by atoms with Crippen LogP contribution in [-0.2, 0) is 11.3 Å². The van der Waals surface area contributed by atoms with Gasteiger partial charge in [-0.2, -0.15) is 0 Å². The Morgan fingerprint density at radius 1 is 1.67 bits per heavy atom. The average Bonchev–Trinajstić information content (AvgIpc) is 2.66. The molecule has 1 atom stereocenters. The lowest BCUT2D eigenvalue weighted by Crippen LogP contribution is -2.29. The standard InChI is InChI=1S/C11H18N2O2/c1-3-9(11(14)15)7-13(2)8-10-5-4-6-12-10/h4-6,9,12H,3,7-8H2,1-2H3,(H,14,15). The van der Waals surface area contributed by atoms with E-state index in [1.165, 1.54) is 0 Å². The molecule has 1 heterocycles. The second kappa shape index (κ2) is 5.56. The van der Waals surface area contributed by atoms with Crippen LogP contribution in [0.3, 0.4) is 0 Å². The quantitative estimate of drug-likeness (QED) is 0.749. The van der Waals surface area contributed by atoms with Crippen LogP contribution >= 0.6 is 0 Å². The molecule has 0 aliphatic carbocycles. The molecule has 1 rings (SSSR count). The van der Waals surface area contributed by atoms with Crippen molar-refractivity contribution in [2.24, 2.45) is 5.92 Å². The van der Waals surface area contributed by atoms with Crippen molar-refractivity contribution < 1.29 is 9.90 Å². The van der Waals surface area contributed by atoms with Crippen LogP contribution in [0.25, 0.3) is 0 Å². The molecule has 0 aromatic carbocycles. The van der Waals surface area contributed by atoms with Crippen LogP contribution < -0.4 is 0 Å². The van der Waals surface area contributed by atoms with Crippen LogP contribution in [0.1, 0.15) is 19.0 Å². The number of carboxylic acid groups (broad SMARTS) is 1. The molecule has 0 aliphatic rings. The summed E-state index contributed by atoms with van der Waals surface area (Å²) in [6.07, 6.45) is 2.54. The number of carbonyl (C=O) groups is 1. The number of hydrogen-bond donors (Lipinski definition) is 2. The summed E-state index contributed by atoms with van der Waals surface area (Å²) in [6.45, 7) is 3.25. The van der Waals surface area contributed by atoms with Gasteiger partial charge in [-0.3, -0.25) is 9.69 Å². The molecule has 84 valence electrons. The third-order valence-corrected chi connectivity index (χ3v) is 2.48. The smallest absolute Gasteiger partial charge is 0.307 e. The van der Waals surface area contributed by atoms with E-state index in [-0.39, 0.29) is 5.92 Å². The minimum atomic E-state index is -0.712. The molecule has 4 nitrogen and oxygen atoms in total. The summed E-state index contributed by atoms with van der Waals surface area (Å²) in [6, 6.07) is 3.94. The lowest BCUT2D eigenvalue weighted by molar-refractivity contribution is -0.142. The van der Waals surface area contributed by atoms with Crippen molar-refractivity contribution in [1.29, 1.82) is 0 Å². The fraction of sp³-hybridized carbons (Fsp3) is 0.545. The van der Waals surface area contributed by atoms with E-state index in [4.69, 9.17) is 5.11 Å². The molecule has 0 fully saturated rings. The Balaban J connectivity index is 2.41. The molecule has 4 heteroatoms. The first-order valence-electron chi connectivity index (χ1n) is 5.17. The predicted octanol–water partition coefficient (Wildman–Crippen LogP) is 1.56. The molecule has 15 heavy (non-hydrogen) atoms. The lowest BCUT2D eigenvalue weighted by atomic mass is 10.1. The Bertz CT molecular complexity index is 296. The molecule has 1 aromatic heterocycles. The first-order valence-corrected chi connectivity index (χ1v) is 5.17. The molecule has 0 saturated carbocycles. The molecule has 0 bridgehead atoms. The summed E-state index contributed by atoms with van der Waals surface area (Å²) in [4.78, 5) is 16.0. The van der Waals surface area contributed by atoms with E-state index in [2.05, 4.69) is 4.98 Å². The highest BCUT2D eigenvalue weighted by Gasteiger charge is 2.17. The number of nitrogens with zero attached hydrogens (tertiary/aromatic N) is 1. The topological polar surface area (TPSA) is 56.3 Å². The minimum absolute atomic E-state index is 0.273. The predicted molar refractivity (Wildman–Crippen MR) is 58.5 cm³/mol. The summed E-state index contributed by atoms with van der Waals surface area (Å²) in [7, 11) is 1.94. The zero-order valence-electron chi connectivity index (χ0n) is 9.23. The highest BCUT2D eigenvalue weighted by molar-refractivity contribution is 5.70. The fourth-order valence-corrected chi connectivity index (χ4v) is 1.58. The normalized spacial score (nSPS) is 13.0. The maximum absolute atomic E-state index is 10.8. The van der Waals surface area contributed by atoms with E-state index in [0.29, 0.717) is 13.0 Å². The third-order valence-electron chi connectivity index (χ3n) is 2.48. The Kier molecular flexibility index (Phi) is 4.37. The van der Waals surface area contributed by atoms with E-state index < -0.39 is 5.97 Å². The van der Waals surface area contributed by atoms with Crippen LogP contribution in [0, 0.1) is 5.92 Å². The second-order valence-electron chi connectivity index (χ2n) is 3.84. The van der Waals surface area contributed by atoms with Crippen molar-refractivity contribution in [2.75, 3.05) is 13.6 Å². The largest absolute Gasteiger partial charge is 0.481 e. The van der Waals surface area contributed by atoms with E-state index in [1.807, 2.05) is 37.2 Å². The summed E-state index contributed by atoms with van der Waals surface area (Å²) in [5.74, 6) is -0.985. The van der Waals surface area contributed by atoms with E-state index in [9.17, 15) is 4.79 Å². The summed E-state index contributed by atoms with van der Waals surface area (Å²) in [5, 5.41) is 8.91. The van der Waals surface area contributed by atoms with Gasteiger partial charge in [0.05, 0.1) is 5.92 Å². The van der Waals surface area contributed by atoms with Crippen molar-refractivity contribution in [3.63, 3.8) is 0 Å². The number of aromatic nitrogens is 1. The van der Waals surface area contributed by atoms with Gasteiger partial charge in [0.1, 0.15) is 0 Å². The number of hydrogen-bond acceptors (Lipinski definition) is 2. The first kappa shape index (κ1) is 11.8. The number of aliphatic carboxylic acids is 1. The van der Waals surface area contributed by atoms with Gasteiger partial charge < -0.3 is 10.1 Å². The van der Waals surface area contributed by atoms with Gasteiger partial charge in [0, 0.05) is 25.0 Å². The van der Waals surface area contributed by atoms with Crippen LogP contribution in [0.2, 0.25) is 0 Å². The summed E-state index contributed by atoms with van der Waals surface area (Å²) >= 11 is 0. The van der Waals surface area contributed by atoms with Gasteiger partial charge in [-0.05, 0) is 25.6 Å². The van der Waals surface area contributed by atoms with Crippen molar-refractivity contribution in [1.82, 2.24) is 9.88 Å². The van der Waals surface area contributed by atoms with Gasteiger partial charge in [-0.15, -0.1) is 0 Å². The monoisotopic (exact) mass is 210 g/mol. The molecule has 0 amide bonds.